The number of H-pyrrole nitrogens is 1. The van der Waals surface area contributed by atoms with Crippen LogP contribution in [0.4, 0.5) is 5.69 Å². The molecule has 1 heterocycles. The summed E-state index contributed by atoms with van der Waals surface area (Å²) in [6.07, 6.45) is 0. The summed E-state index contributed by atoms with van der Waals surface area (Å²) in [5, 5.41) is 15.1. The summed E-state index contributed by atoms with van der Waals surface area (Å²) in [6.45, 7) is 0.568. The van der Waals surface area contributed by atoms with Crippen molar-refractivity contribution in [3.63, 3.8) is 0 Å². The van der Waals surface area contributed by atoms with E-state index >= 15 is 0 Å². The number of aromatic nitrogens is 3. The molecule has 0 radical (unpaired) electrons. The van der Waals surface area contributed by atoms with Crippen LogP contribution >= 0.6 is 27.5 Å². The van der Waals surface area contributed by atoms with Gasteiger partial charge in [0.15, 0.2) is 0 Å². The van der Waals surface area contributed by atoms with Gasteiger partial charge in [0.05, 0.1) is 11.6 Å². The Balaban J connectivity index is 1.77. The minimum Gasteiger partial charge on any atom is -0.379 e. The Bertz CT molecular complexity index is 742. The number of nitrogens with one attached hydrogen (secondary N) is 2. The summed E-state index contributed by atoms with van der Waals surface area (Å²) in [7, 11) is 0. The highest BCUT2D eigenvalue weighted by Gasteiger charge is 2.09. The first-order valence-electron chi connectivity index (χ1n) is 6.38. The summed E-state index contributed by atoms with van der Waals surface area (Å²) >= 11 is 9.45. The number of halogens is 2. The van der Waals surface area contributed by atoms with Crippen LogP contribution in [-0.2, 0) is 6.54 Å². The smallest absolute Gasteiger partial charge is 0.117 e. The molecule has 0 saturated heterocycles. The van der Waals surface area contributed by atoms with E-state index in [0.717, 1.165) is 27.1 Å². The predicted octanol–water partition coefficient (Wildman–Crippen LogP) is 4.50. The topological polar surface area (TPSA) is 53.6 Å². The summed E-state index contributed by atoms with van der Waals surface area (Å²) in [5.41, 5.74) is 3.69. The third-order valence-electron chi connectivity index (χ3n) is 3.05. The van der Waals surface area contributed by atoms with Gasteiger partial charge in [0.2, 0.25) is 0 Å². The lowest BCUT2D eigenvalue weighted by Crippen LogP contribution is -2.01. The molecule has 0 aliphatic carbocycles. The van der Waals surface area contributed by atoms with Gasteiger partial charge in [-0.15, -0.1) is 0 Å². The highest BCUT2D eigenvalue weighted by molar-refractivity contribution is 9.10. The zero-order valence-corrected chi connectivity index (χ0v) is 13.3. The molecule has 0 amide bonds. The molecule has 6 heteroatoms. The number of hydrogen-bond acceptors (Lipinski definition) is 3. The molecule has 0 atom stereocenters. The van der Waals surface area contributed by atoms with Crippen LogP contribution in [0.5, 0.6) is 0 Å². The molecular weight excluding hydrogens is 352 g/mol. The van der Waals surface area contributed by atoms with Crippen molar-refractivity contribution >= 4 is 33.2 Å². The van der Waals surface area contributed by atoms with Gasteiger partial charge in [-0.25, -0.2) is 0 Å². The van der Waals surface area contributed by atoms with Crippen LogP contribution in [0.15, 0.2) is 53.0 Å². The highest BCUT2D eigenvalue weighted by Crippen LogP contribution is 2.26. The van der Waals surface area contributed by atoms with Gasteiger partial charge in [0.25, 0.3) is 0 Å². The second-order valence-electron chi connectivity index (χ2n) is 4.47. The summed E-state index contributed by atoms with van der Waals surface area (Å²) in [4.78, 5) is 0. The maximum Gasteiger partial charge on any atom is 0.117 e. The largest absolute Gasteiger partial charge is 0.379 e. The fourth-order valence-electron chi connectivity index (χ4n) is 2.00. The van der Waals surface area contributed by atoms with E-state index in [0.29, 0.717) is 11.6 Å². The quantitative estimate of drug-likeness (QED) is 0.717. The maximum absolute atomic E-state index is 6.08. The number of nitrogens with zero attached hydrogens (tertiary/aromatic N) is 2. The van der Waals surface area contributed by atoms with Crippen LogP contribution in [0.2, 0.25) is 5.02 Å². The average Bonchev–Trinajstić information content (AvgIpc) is 2.98. The Hall–Kier alpha value is -1.85. The van der Waals surface area contributed by atoms with Crippen LogP contribution in [0.1, 0.15) is 5.69 Å². The maximum atomic E-state index is 6.08. The van der Waals surface area contributed by atoms with Crippen molar-refractivity contribution in [3.05, 3.63) is 63.7 Å². The van der Waals surface area contributed by atoms with Gasteiger partial charge in [-0.2, -0.15) is 15.4 Å². The molecule has 0 spiro atoms. The molecule has 21 heavy (non-hydrogen) atoms. The zero-order chi connectivity index (χ0) is 14.7. The molecule has 3 rings (SSSR count). The first-order valence-corrected chi connectivity index (χ1v) is 7.55. The van der Waals surface area contributed by atoms with E-state index in [1.807, 2.05) is 48.5 Å². The summed E-state index contributed by atoms with van der Waals surface area (Å²) in [5.74, 6) is 0. The third-order valence-corrected chi connectivity index (χ3v) is 4.28. The molecule has 0 unspecified atom stereocenters. The molecule has 4 nitrogen and oxygen atoms in total. The highest BCUT2D eigenvalue weighted by atomic mass is 79.9. The van der Waals surface area contributed by atoms with Gasteiger partial charge in [-0.1, -0.05) is 41.9 Å². The van der Waals surface area contributed by atoms with E-state index < -0.39 is 0 Å². The average molecular weight is 364 g/mol. The van der Waals surface area contributed by atoms with Gasteiger partial charge < -0.3 is 5.32 Å². The molecule has 0 saturated carbocycles. The third kappa shape index (κ3) is 3.25. The number of aromatic amines is 1. The molecule has 1 aromatic heterocycles. The zero-order valence-electron chi connectivity index (χ0n) is 11.0. The van der Waals surface area contributed by atoms with Crippen molar-refractivity contribution in [1.29, 1.82) is 0 Å². The Morgan fingerprint density at radius 1 is 1.10 bits per heavy atom. The molecule has 2 aromatic carbocycles. The van der Waals surface area contributed by atoms with Gasteiger partial charge >= 0.3 is 0 Å². The summed E-state index contributed by atoms with van der Waals surface area (Å²) in [6, 6.07) is 15.7. The number of rotatable bonds is 4. The second-order valence-corrected chi connectivity index (χ2v) is 5.73. The van der Waals surface area contributed by atoms with E-state index in [1.165, 1.54) is 0 Å². The Labute approximate surface area is 135 Å². The summed E-state index contributed by atoms with van der Waals surface area (Å²) < 4.78 is 0.876. The minimum absolute atomic E-state index is 0.568. The first-order chi connectivity index (χ1) is 10.2. The van der Waals surface area contributed by atoms with Crippen molar-refractivity contribution in [2.45, 2.75) is 6.54 Å². The van der Waals surface area contributed by atoms with Crippen LogP contribution in [0.25, 0.3) is 11.3 Å². The predicted molar refractivity (Wildman–Crippen MR) is 88.3 cm³/mol. The van der Waals surface area contributed by atoms with Crippen molar-refractivity contribution in [2.75, 3.05) is 5.32 Å². The lowest BCUT2D eigenvalue weighted by Gasteiger charge is -2.07. The Morgan fingerprint density at radius 3 is 2.67 bits per heavy atom. The molecule has 0 aliphatic heterocycles. The van der Waals surface area contributed by atoms with Crippen molar-refractivity contribution in [1.82, 2.24) is 15.4 Å². The lowest BCUT2D eigenvalue weighted by atomic mass is 10.1. The van der Waals surface area contributed by atoms with E-state index in [1.54, 1.807) is 0 Å². The minimum atomic E-state index is 0.568. The van der Waals surface area contributed by atoms with E-state index in [2.05, 4.69) is 36.7 Å². The standard InChI is InChI=1S/C15H12BrClN4/c16-12-7-6-11(8-13(12)17)18-9-14-15(20-21-19-14)10-4-2-1-3-5-10/h1-8,18H,9H2,(H,19,20,21). The van der Waals surface area contributed by atoms with Crippen LogP contribution in [0.3, 0.4) is 0 Å². The van der Waals surface area contributed by atoms with E-state index in [-0.39, 0.29) is 0 Å². The fourth-order valence-corrected chi connectivity index (χ4v) is 2.42. The SMILES string of the molecule is Clc1cc(NCc2n[nH]nc2-c2ccccc2)ccc1Br. The van der Waals surface area contributed by atoms with Crippen LogP contribution < -0.4 is 5.32 Å². The molecule has 0 bridgehead atoms. The van der Waals surface area contributed by atoms with Gasteiger partial charge in [0.1, 0.15) is 11.4 Å². The molecule has 0 aliphatic rings. The second kappa shape index (κ2) is 6.28. The lowest BCUT2D eigenvalue weighted by molar-refractivity contribution is 0.911. The number of anilines is 1. The normalized spacial score (nSPS) is 10.6. The molecule has 0 fully saturated rings. The number of hydrogen-bond donors (Lipinski definition) is 2. The van der Waals surface area contributed by atoms with Crippen LogP contribution in [-0.4, -0.2) is 15.4 Å². The van der Waals surface area contributed by atoms with Crippen LogP contribution in [0, 0.1) is 0 Å². The Morgan fingerprint density at radius 2 is 1.90 bits per heavy atom. The molecule has 3 aromatic rings. The van der Waals surface area contributed by atoms with Crippen molar-refractivity contribution in [3.8, 4) is 11.3 Å². The molecule has 106 valence electrons. The van der Waals surface area contributed by atoms with Crippen molar-refractivity contribution < 1.29 is 0 Å². The van der Waals surface area contributed by atoms with Gasteiger partial charge in [-0.05, 0) is 34.1 Å². The van der Waals surface area contributed by atoms with Crippen molar-refractivity contribution in [2.24, 2.45) is 0 Å². The van der Waals surface area contributed by atoms with Gasteiger partial charge in [-0.3, -0.25) is 0 Å². The molecule has 2 N–H and O–H groups in total. The van der Waals surface area contributed by atoms with Gasteiger partial charge in [0, 0.05) is 15.7 Å². The molecular formula is C15H12BrClN4. The number of benzene rings is 2. The monoisotopic (exact) mass is 362 g/mol. The fraction of sp³-hybridized carbons (Fsp3) is 0.0667. The van der Waals surface area contributed by atoms with E-state index in [9.17, 15) is 0 Å². The Kier molecular flexibility index (Phi) is 4.22. The van der Waals surface area contributed by atoms with E-state index in [4.69, 9.17) is 11.6 Å². The first kappa shape index (κ1) is 14.1.